The first kappa shape index (κ1) is 14.2. The highest BCUT2D eigenvalue weighted by molar-refractivity contribution is 6.99. The average Bonchev–Trinajstić information content (AvgIpc) is 2.80. The summed E-state index contributed by atoms with van der Waals surface area (Å²) in [5.41, 5.74) is 2.38. The van der Waals surface area contributed by atoms with Crippen molar-refractivity contribution in [2.24, 2.45) is 0 Å². The number of hydrogen-bond donors (Lipinski definition) is 1. The Balaban J connectivity index is 2.18. The molecular weight excluding hydrogens is 307 g/mol. The third-order valence-electron chi connectivity index (χ3n) is 2.55. The minimum absolute atomic E-state index is 0.123. The average molecular weight is 317 g/mol. The fourth-order valence-corrected chi connectivity index (χ4v) is 2.55. The van der Waals surface area contributed by atoms with Crippen molar-refractivity contribution in [2.75, 3.05) is 0 Å². The van der Waals surface area contributed by atoms with Crippen LogP contribution in [-0.2, 0) is 11.2 Å². The summed E-state index contributed by atoms with van der Waals surface area (Å²) in [6.07, 6.45) is 1.24. The fourth-order valence-electron chi connectivity index (χ4n) is 1.64. The van der Waals surface area contributed by atoms with E-state index >= 15 is 0 Å². The normalized spacial score (nSPS) is 10.6. The summed E-state index contributed by atoms with van der Waals surface area (Å²) in [6.45, 7) is 0. The summed E-state index contributed by atoms with van der Waals surface area (Å²) in [4.78, 5) is 10.5. The number of carboxylic acid groups (broad SMARTS) is 1. The summed E-state index contributed by atoms with van der Waals surface area (Å²) >= 11 is 13.0. The van der Waals surface area contributed by atoms with Crippen LogP contribution >= 0.6 is 34.9 Å². The van der Waals surface area contributed by atoms with Crippen molar-refractivity contribution >= 4 is 40.9 Å². The van der Waals surface area contributed by atoms with Crippen molar-refractivity contribution in [3.8, 4) is 11.3 Å². The highest BCUT2D eigenvalue weighted by Crippen LogP contribution is 2.29. The van der Waals surface area contributed by atoms with E-state index in [1.165, 1.54) is 0 Å². The molecule has 0 spiro atoms. The number of carboxylic acids is 1. The smallest absolute Gasteiger partial charge is 0.303 e. The van der Waals surface area contributed by atoms with E-state index in [9.17, 15) is 4.79 Å². The van der Waals surface area contributed by atoms with Crippen molar-refractivity contribution in [2.45, 2.75) is 19.3 Å². The van der Waals surface area contributed by atoms with Gasteiger partial charge >= 0.3 is 5.97 Å². The van der Waals surface area contributed by atoms with Crippen LogP contribution in [0.5, 0.6) is 0 Å². The molecule has 0 aliphatic heterocycles. The molecule has 19 heavy (non-hydrogen) atoms. The van der Waals surface area contributed by atoms with E-state index in [1.807, 2.05) is 6.07 Å². The third kappa shape index (κ3) is 3.65. The number of halogens is 2. The lowest BCUT2D eigenvalue weighted by Gasteiger charge is -2.02. The summed E-state index contributed by atoms with van der Waals surface area (Å²) in [7, 11) is 0. The Hall–Kier alpha value is -1.17. The molecule has 0 saturated heterocycles. The monoisotopic (exact) mass is 316 g/mol. The van der Waals surface area contributed by atoms with Gasteiger partial charge in [0.05, 0.1) is 27.5 Å². The van der Waals surface area contributed by atoms with Gasteiger partial charge in [-0.1, -0.05) is 29.3 Å². The van der Waals surface area contributed by atoms with E-state index in [-0.39, 0.29) is 6.42 Å². The summed E-state index contributed by atoms with van der Waals surface area (Å²) in [6, 6.07) is 5.27. The molecule has 1 aromatic carbocycles. The van der Waals surface area contributed by atoms with Gasteiger partial charge in [-0.05, 0) is 25.0 Å². The van der Waals surface area contributed by atoms with Gasteiger partial charge < -0.3 is 5.11 Å². The molecule has 7 heteroatoms. The Bertz CT molecular complexity index is 601. The molecule has 100 valence electrons. The van der Waals surface area contributed by atoms with Crippen molar-refractivity contribution in [3.63, 3.8) is 0 Å². The Kier molecular flexibility index (Phi) is 4.74. The van der Waals surface area contributed by atoms with Gasteiger partial charge in [0.25, 0.3) is 0 Å². The predicted octanol–water partition coefficient (Wildman–Crippen LogP) is 3.92. The van der Waals surface area contributed by atoms with Gasteiger partial charge in [-0.2, -0.15) is 8.75 Å². The molecule has 2 aromatic rings. The molecule has 1 heterocycles. The van der Waals surface area contributed by atoms with Crippen LogP contribution in [0.2, 0.25) is 10.0 Å². The van der Waals surface area contributed by atoms with Gasteiger partial charge in [-0.25, -0.2) is 0 Å². The van der Waals surface area contributed by atoms with E-state index in [4.69, 9.17) is 28.3 Å². The number of nitrogens with zero attached hydrogens (tertiary/aromatic N) is 2. The Morgan fingerprint density at radius 3 is 2.74 bits per heavy atom. The van der Waals surface area contributed by atoms with Crippen LogP contribution in [0.4, 0.5) is 0 Å². The fraction of sp³-hybridized carbons (Fsp3) is 0.250. The van der Waals surface area contributed by atoms with Crippen LogP contribution in [0.3, 0.4) is 0 Å². The van der Waals surface area contributed by atoms with Crippen LogP contribution in [0, 0.1) is 0 Å². The van der Waals surface area contributed by atoms with E-state index in [2.05, 4.69) is 8.75 Å². The van der Waals surface area contributed by atoms with Crippen LogP contribution in [-0.4, -0.2) is 19.8 Å². The second kappa shape index (κ2) is 6.32. The van der Waals surface area contributed by atoms with E-state index in [0.717, 1.165) is 28.7 Å². The van der Waals surface area contributed by atoms with Gasteiger partial charge in [0.1, 0.15) is 5.69 Å². The van der Waals surface area contributed by atoms with Gasteiger partial charge in [0.15, 0.2) is 0 Å². The zero-order valence-electron chi connectivity index (χ0n) is 9.77. The first-order valence-electron chi connectivity index (χ1n) is 5.56. The van der Waals surface area contributed by atoms with E-state index in [0.29, 0.717) is 22.9 Å². The van der Waals surface area contributed by atoms with Crippen LogP contribution in [0.1, 0.15) is 18.5 Å². The van der Waals surface area contributed by atoms with Gasteiger partial charge in [-0.15, -0.1) is 0 Å². The second-order valence-electron chi connectivity index (χ2n) is 3.94. The molecule has 1 N–H and O–H groups in total. The Morgan fingerprint density at radius 2 is 2.05 bits per heavy atom. The van der Waals surface area contributed by atoms with E-state index < -0.39 is 5.97 Å². The number of aliphatic carboxylic acids is 1. The van der Waals surface area contributed by atoms with Crippen LogP contribution < -0.4 is 0 Å². The van der Waals surface area contributed by atoms with Crippen LogP contribution in [0.25, 0.3) is 11.3 Å². The second-order valence-corrected chi connectivity index (χ2v) is 5.28. The first-order valence-corrected chi connectivity index (χ1v) is 7.05. The highest BCUT2D eigenvalue weighted by Gasteiger charge is 2.12. The maximum absolute atomic E-state index is 10.5. The number of carbonyl (C=O) groups is 1. The maximum atomic E-state index is 10.5. The predicted molar refractivity (Wildman–Crippen MR) is 75.9 cm³/mol. The minimum atomic E-state index is -0.806. The highest BCUT2D eigenvalue weighted by atomic mass is 35.5. The molecule has 0 aliphatic carbocycles. The largest absolute Gasteiger partial charge is 0.481 e. The summed E-state index contributed by atoms with van der Waals surface area (Å²) < 4.78 is 8.44. The number of rotatable bonds is 5. The Morgan fingerprint density at radius 1 is 1.26 bits per heavy atom. The number of hydrogen-bond acceptors (Lipinski definition) is 4. The zero-order chi connectivity index (χ0) is 13.8. The first-order chi connectivity index (χ1) is 9.08. The van der Waals surface area contributed by atoms with Crippen LogP contribution in [0.15, 0.2) is 18.2 Å². The van der Waals surface area contributed by atoms with Crippen molar-refractivity contribution < 1.29 is 9.90 Å². The zero-order valence-corrected chi connectivity index (χ0v) is 12.1. The maximum Gasteiger partial charge on any atom is 0.303 e. The van der Waals surface area contributed by atoms with Crippen molar-refractivity contribution in [1.82, 2.24) is 8.75 Å². The standard InChI is InChI=1S/C12H10Cl2N2O2S/c13-8-5-4-7(6-9(8)14)12-10(15-19-16-12)2-1-3-11(17)18/h4-6H,1-3H2,(H,17,18). The minimum Gasteiger partial charge on any atom is -0.481 e. The summed E-state index contributed by atoms with van der Waals surface area (Å²) in [5, 5.41) is 9.58. The molecule has 0 radical (unpaired) electrons. The molecule has 0 saturated carbocycles. The van der Waals surface area contributed by atoms with Gasteiger partial charge in [0.2, 0.25) is 0 Å². The number of aromatic nitrogens is 2. The molecular formula is C12H10Cl2N2O2S. The molecule has 0 amide bonds. The molecule has 0 bridgehead atoms. The molecule has 4 nitrogen and oxygen atoms in total. The lowest BCUT2D eigenvalue weighted by Crippen LogP contribution is -1.97. The molecule has 1 aromatic heterocycles. The van der Waals surface area contributed by atoms with Crippen molar-refractivity contribution in [3.05, 3.63) is 33.9 Å². The lowest BCUT2D eigenvalue weighted by atomic mass is 10.1. The number of aryl methyl sites for hydroxylation is 1. The van der Waals surface area contributed by atoms with E-state index in [1.54, 1.807) is 12.1 Å². The molecule has 0 atom stereocenters. The summed E-state index contributed by atoms with van der Waals surface area (Å²) in [5.74, 6) is -0.806. The molecule has 2 rings (SSSR count). The Labute approximate surface area is 124 Å². The molecule has 0 unspecified atom stereocenters. The van der Waals surface area contributed by atoms with Gasteiger partial charge in [-0.3, -0.25) is 4.79 Å². The third-order valence-corrected chi connectivity index (χ3v) is 3.86. The molecule has 0 aliphatic rings. The van der Waals surface area contributed by atoms with Gasteiger partial charge in [0, 0.05) is 12.0 Å². The SMILES string of the molecule is O=C(O)CCCc1nsnc1-c1ccc(Cl)c(Cl)c1. The quantitative estimate of drug-likeness (QED) is 0.908. The molecule has 0 fully saturated rings. The lowest BCUT2D eigenvalue weighted by molar-refractivity contribution is -0.137. The topological polar surface area (TPSA) is 63.1 Å². The van der Waals surface area contributed by atoms with Crippen molar-refractivity contribution in [1.29, 1.82) is 0 Å². The number of benzene rings is 1.